The fourth-order valence-corrected chi connectivity index (χ4v) is 8.42. The Labute approximate surface area is 328 Å². The van der Waals surface area contributed by atoms with E-state index in [9.17, 15) is 14.4 Å². The number of amides is 1. The zero-order valence-electron chi connectivity index (χ0n) is 33.4. The Morgan fingerprint density at radius 2 is 1.53 bits per heavy atom. The van der Waals surface area contributed by atoms with Crippen molar-refractivity contribution in [3.05, 3.63) is 131 Å². The fourth-order valence-electron chi connectivity index (χ4n) is 8.42. The lowest BCUT2D eigenvalue weighted by molar-refractivity contribution is -0.133. The zero-order chi connectivity index (χ0) is 38.8. The van der Waals surface area contributed by atoms with Crippen LogP contribution in [0, 0.1) is 5.41 Å². The summed E-state index contributed by atoms with van der Waals surface area (Å²) >= 11 is 0. The number of ether oxygens (including phenoxy) is 1. The molecule has 0 spiro atoms. The van der Waals surface area contributed by atoms with E-state index in [4.69, 9.17) is 4.74 Å². The second-order valence-electron chi connectivity index (χ2n) is 16.7. The minimum atomic E-state index is -0.623. The number of rotatable bonds is 18. The van der Waals surface area contributed by atoms with Crippen LogP contribution in [0.1, 0.15) is 135 Å². The topological polar surface area (TPSA) is 71.8 Å². The predicted octanol–water partition coefficient (Wildman–Crippen LogP) is 10.8. The van der Waals surface area contributed by atoms with Crippen molar-refractivity contribution < 1.29 is 19.1 Å². The first kappa shape index (κ1) is 39.8. The Morgan fingerprint density at radius 3 is 2.27 bits per heavy atom. The van der Waals surface area contributed by atoms with Crippen LogP contribution in [0.3, 0.4) is 0 Å². The fraction of sp³-hybridized carbons (Fsp3) is 0.438. The summed E-state index contributed by atoms with van der Waals surface area (Å²) in [5.41, 5.74) is 6.11. The number of aromatic nitrogens is 1. The Kier molecular flexibility index (Phi) is 13.1. The van der Waals surface area contributed by atoms with E-state index in [0.717, 1.165) is 93.3 Å². The number of ketones is 1. The molecule has 3 aromatic carbocycles. The van der Waals surface area contributed by atoms with Gasteiger partial charge in [-0.3, -0.25) is 9.59 Å². The molecule has 6 rings (SSSR count). The number of para-hydroxylation sites is 1. The normalized spacial score (nSPS) is 16.8. The summed E-state index contributed by atoms with van der Waals surface area (Å²) in [6.45, 7) is 10.6. The third kappa shape index (κ3) is 9.86. The van der Waals surface area contributed by atoms with Gasteiger partial charge in [0.15, 0.2) is 5.78 Å². The number of benzene rings is 3. The first-order chi connectivity index (χ1) is 26.6. The Bertz CT molecular complexity index is 1940. The van der Waals surface area contributed by atoms with E-state index in [0.29, 0.717) is 25.2 Å². The number of anilines is 1. The zero-order valence-corrected chi connectivity index (χ0v) is 33.4. The van der Waals surface area contributed by atoms with E-state index in [1.54, 1.807) is 6.07 Å². The number of fused-ring (bicyclic) bond motifs is 1. The number of hydrogen-bond acceptors (Lipinski definition) is 5. The molecule has 0 radical (unpaired) electrons. The smallest absolute Gasteiger partial charge is 0.338 e. The monoisotopic (exact) mass is 741 g/mol. The van der Waals surface area contributed by atoms with Crippen LogP contribution in [0.4, 0.5) is 5.69 Å². The standard InChI is InChI=1S/C48H59N3O4/c1-5-28-48(29-17-7-6-8-18-30-50-42-27-16-15-23-39(42)32-43(50)44(52)33-47(2,3)4)46(54)49(36-51(48)41-25-13-10-14-26-41)34-38-22-19-24-40(31-38)45(53)55-35-37-20-11-9-12-21-37/h9-15,19-26,31-32H,5-8,16-18,27-30,33-36H2,1-4H3. The van der Waals surface area contributed by atoms with Gasteiger partial charge < -0.3 is 19.1 Å². The summed E-state index contributed by atoms with van der Waals surface area (Å²) in [6.07, 6.45) is 14.7. The van der Waals surface area contributed by atoms with Gasteiger partial charge in [-0.25, -0.2) is 4.79 Å². The van der Waals surface area contributed by atoms with Crippen LogP contribution in [0.25, 0.3) is 6.08 Å². The van der Waals surface area contributed by atoms with Crippen molar-refractivity contribution in [2.24, 2.45) is 5.41 Å². The minimum absolute atomic E-state index is 0.0465. The number of unbranched alkanes of at least 4 members (excludes halogenated alkanes) is 4. The van der Waals surface area contributed by atoms with Gasteiger partial charge in [0.2, 0.25) is 5.91 Å². The van der Waals surface area contributed by atoms with Crippen LogP contribution in [-0.2, 0) is 35.6 Å². The largest absolute Gasteiger partial charge is 0.457 e. The summed E-state index contributed by atoms with van der Waals surface area (Å²) in [5.74, 6) is 0.0296. The van der Waals surface area contributed by atoms with Gasteiger partial charge in [0, 0.05) is 30.9 Å². The number of allylic oxidation sites excluding steroid dienone is 1. The molecule has 1 fully saturated rings. The molecule has 4 aromatic rings. The molecular weight excluding hydrogens is 683 g/mol. The predicted molar refractivity (Wildman–Crippen MR) is 222 cm³/mol. The molecule has 290 valence electrons. The molecule has 0 N–H and O–H groups in total. The highest BCUT2D eigenvalue weighted by Gasteiger charge is 2.51. The van der Waals surface area contributed by atoms with Gasteiger partial charge >= 0.3 is 5.97 Å². The van der Waals surface area contributed by atoms with Crippen molar-refractivity contribution in [2.75, 3.05) is 11.6 Å². The second kappa shape index (κ2) is 18.1. The van der Waals surface area contributed by atoms with E-state index >= 15 is 0 Å². The molecule has 0 saturated carbocycles. The molecule has 55 heavy (non-hydrogen) atoms. The molecule has 1 atom stereocenters. The quantitative estimate of drug-likeness (QED) is 0.0577. The van der Waals surface area contributed by atoms with Crippen LogP contribution < -0.4 is 4.90 Å². The lowest BCUT2D eigenvalue weighted by atomic mass is 9.85. The number of esters is 1. The third-order valence-corrected chi connectivity index (χ3v) is 11.0. The summed E-state index contributed by atoms with van der Waals surface area (Å²) < 4.78 is 7.92. The van der Waals surface area contributed by atoms with Crippen molar-refractivity contribution in [1.29, 1.82) is 0 Å². The van der Waals surface area contributed by atoms with Gasteiger partial charge in [-0.1, -0.05) is 133 Å². The molecule has 0 bridgehead atoms. The van der Waals surface area contributed by atoms with Crippen LogP contribution in [0.5, 0.6) is 0 Å². The summed E-state index contributed by atoms with van der Waals surface area (Å²) in [7, 11) is 0. The molecular formula is C48H59N3O4. The molecule has 1 saturated heterocycles. The van der Waals surface area contributed by atoms with E-state index in [-0.39, 0.29) is 29.7 Å². The molecule has 1 aliphatic heterocycles. The van der Waals surface area contributed by atoms with Crippen molar-refractivity contribution >= 4 is 29.4 Å². The Balaban J connectivity index is 1.08. The highest BCUT2D eigenvalue weighted by molar-refractivity contribution is 5.96. The van der Waals surface area contributed by atoms with Gasteiger partial charge in [-0.2, -0.15) is 0 Å². The molecule has 1 amide bonds. The number of carbonyl (C=O) groups excluding carboxylic acids is 3. The van der Waals surface area contributed by atoms with Crippen LogP contribution in [-0.4, -0.2) is 39.3 Å². The lowest BCUT2D eigenvalue weighted by Crippen LogP contribution is -2.49. The van der Waals surface area contributed by atoms with E-state index in [1.807, 2.05) is 71.6 Å². The second-order valence-corrected chi connectivity index (χ2v) is 16.7. The SMILES string of the molecule is CCCC1(CCCCCCCn2c(C(=O)CC(C)(C)C)cc3c2CCC=C3)C(=O)N(Cc2cccc(C(=O)OCc3ccccc3)c2)CN1c1ccccc1. The summed E-state index contributed by atoms with van der Waals surface area (Å²) in [5, 5.41) is 0. The first-order valence-electron chi connectivity index (χ1n) is 20.4. The average molecular weight is 742 g/mol. The highest BCUT2D eigenvalue weighted by atomic mass is 16.5. The van der Waals surface area contributed by atoms with E-state index in [1.165, 1.54) is 11.3 Å². The highest BCUT2D eigenvalue weighted by Crippen LogP contribution is 2.40. The maximum atomic E-state index is 14.6. The van der Waals surface area contributed by atoms with Crippen LogP contribution in [0.15, 0.2) is 97.1 Å². The number of carbonyl (C=O) groups is 3. The van der Waals surface area contributed by atoms with Gasteiger partial charge in [-0.15, -0.1) is 0 Å². The molecule has 2 aliphatic rings. The van der Waals surface area contributed by atoms with Crippen molar-refractivity contribution in [1.82, 2.24) is 9.47 Å². The third-order valence-electron chi connectivity index (χ3n) is 11.0. The molecule has 1 unspecified atom stereocenters. The summed E-state index contributed by atoms with van der Waals surface area (Å²) in [6, 6.07) is 29.6. The van der Waals surface area contributed by atoms with Gasteiger partial charge in [-0.05, 0) is 84.5 Å². The molecule has 1 aromatic heterocycles. The van der Waals surface area contributed by atoms with Crippen LogP contribution >= 0.6 is 0 Å². The number of hydrogen-bond donors (Lipinski definition) is 0. The average Bonchev–Trinajstić information content (AvgIpc) is 3.68. The maximum absolute atomic E-state index is 14.6. The first-order valence-corrected chi connectivity index (χ1v) is 20.4. The van der Waals surface area contributed by atoms with Crippen LogP contribution in [0.2, 0.25) is 0 Å². The van der Waals surface area contributed by atoms with E-state index in [2.05, 4.69) is 67.5 Å². The minimum Gasteiger partial charge on any atom is -0.457 e. The van der Waals surface area contributed by atoms with Gasteiger partial charge in [0.25, 0.3) is 0 Å². The maximum Gasteiger partial charge on any atom is 0.338 e. The molecule has 1 aliphatic carbocycles. The van der Waals surface area contributed by atoms with Crippen molar-refractivity contribution in [2.45, 2.75) is 124 Å². The lowest BCUT2D eigenvalue weighted by Gasteiger charge is -2.37. The van der Waals surface area contributed by atoms with Crippen molar-refractivity contribution in [3.63, 3.8) is 0 Å². The number of Topliss-reactive ketones (excluding diaryl/α,β-unsaturated/α-hetero) is 1. The van der Waals surface area contributed by atoms with E-state index < -0.39 is 5.54 Å². The number of nitrogens with zero attached hydrogens (tertiary/aromatic N) is 3. The van der Waals surface area contributed by atoms with Crippen molar-refractivity contribution in [3.8, 4) is 0 Å². The molecule has 2 heterocycles. The Morgan fingerprint density at radius 1 is 0.818 bits per heavy atom. The van der Waals surface area contributed by atoms with Gasteiger partial charge in [0.1, 0.15) is 12.1 Å². The summed E-state index contributed by atoms with van der Waals surface area (Å²) in [4.78, 5) is 45.3. The molecule has 7 nitrogen and oxygen atoms in total. The Hall–Kier alpha value is -4.91. The molecule has 7 heteroatoms. The van der Waals surface area contributed by atoms with Gasteiger partial charge in [0.05, 0.1) is 17.9 Å².